The molecular weight excluding hydrogens is 1830 g/mol. The number of rotatable bonds is 34. The minimum absolute atomic E-state index is 0.0133. The van der Waals surface area contributed by atoms with Crippen LogP contribution >= 0.6 is 0 Å². The van der Waals surface area contributed by atoms with Crippen molar-refractivity contribution in [2.24, 2.45) is 84.2 Å². The Hall–Kier alpha value is -0.840. The van der Waals surface area contributed by atoms with Crippen LogP contribution in [0.2, 0.25) is 0 Å². The highest BCUT2D eigenvalue weighted by Crippen LogP contribution is 2.51. The lowest BCUT2D eigenvalue weighted by Crippen LogP contribution is -2.50. The van der Waals surface area contributed by atoms with Crippen LogP contribution in [0, 0.1) is 84.2 Å². The van der Waals surface area contributed by atoms with Gasteiger partial charge in [0.1, 0.15) is 0 Å². The smallest absolute Gasteiger partial charge is 0.0600 e. The van der Waals surface area contributed by atoms with E-state index in [1.54, 1.807) is 0 Å². The summed E-state index contributed by atoms with van der Waals surface area (Å²) in [5, 5.41) is 7.12. The molecule has 0 amide bonds. The third kappa shape index (κ3) is 91.9. The fourth-order valence-electron chi connectivity index (χ4n) is 19.9. The third-order valence-electron chi connectivity index (χ3n) is 27.7. The van der Waals surface area contributed by atoms with Gasteiger partial charge in [-0.25, -0.2) is 0 Å². The molecule has 2 N–H and O–H groups in total. The van der Waals surface area contributed by atoms with E-state index in [0.29, 0.717) is 43.3 Å². The summed E-state index contributed by atoms with van der Waals surface area (Å²) in [7, 11) is 2.22. The summed E-state index contributed by atoms with van der Waals surface area (Å²) in [4.78, 5) is 30.4. The number of nitrogens with one attached hydrogen (secondary N) is 2. The molecule has 0 aromatic rings. The number of hydrogen-bond donors (Lipinski definition) is 2. The molecule has 7 heterocycles. The van der Waals surface area contributed by atoms with E-state index in [1.807, 2.05) is 0 Å². The number of likely N-dealkylation sites (tertiary alicyclic amines) is 2. The first-order valence-electron chi connectivity index (χ1n) is 60.6. The number of piperidine rings is 1. The lowest BCUT2D eigenvalue weighted by molar-refractivity contribution is -0.0280. The van der Waals surface area contributed by atoms with E-state index in [0.717, 1.165) is 206 Å². The van der Waals surface area contributed by atoms with Crippen LogP contribution in [-0.2, 0) is 33.2 Å². The molecular formula is C127H268N14O7. The molecule has 0 bridgehead atoms. The average Bonchev–Trinajstić information content (AvgIpc) is 1.67. The number of hydrogen-bond acceptors (Lipinski definition) is 21. The molecule has 5 unspecified atom stereocenters. The number of nitrogens with zero attached hydrogens (tertiary/aromatic N) is 12. The van der Waals surface area contributed by atoms with Gasteiger partial charge in [0.25, 0.3) is 0 Å². The van der Waals surface area contributed by atoms with Gasteiger partial charge >= 0.3 is 0 Å². The van der Waals surface area contributed by atoms with Gasteiger partial charge < -0.3 is 63.4 Å². The van der Waals surface area contributed by atoms with Gasteiger partial charge in [-0.2, -0.15) is 0 Å². The second kappa shape index (κ2) is 67.8. The monoisotopic (exact) mass is 2100 g/mol. The molecule has 9 rings (SSSR count). The number of piperazine rings is 4. The van der Waals surface area contributed by atoms with E-state index in [9.17, 15) is 0 Å². The van der Waals surface area contributed by atoms with Crippen molar-refractivity contribution < 1.29 is 33.2 Å². The largest absolute Gasteiger partial charge is 0.380 e. The van der Waals surface area contributed by atoms with Crippen LogP contribution in [-0.4, -0.2) is 407 Å². The fourth-order valence-corrected chi connectivity index (χ4v) is 19.9. The van der Waals surface area contributed by atoms with Gasteiger partial charge in [0, 0.05) is 222 Å². The zero-order valence-corrected chi connectivity index (χ0v) is 110. The molecule has 21 heteroatoms. The van der Waals surface area contributed by atoms with E-state index in [2.05, 4.69) is 416 Å². The van der Waals surface area contributed by atoms with Crippen LogP contribution in [0.3, 0.4) is 0 Å². The molecule has 9 fully saturated rings. The van der Waals surface area contributed by atoms with E-state index in [1.165, 1.54) is 189 Å². The quantitative estimate of drug-likeness (QED) is 0.0593. The van der Waals surface area contributed by atoms with Crippen molar-refractivity contribution in [3.63, 3.8) is 0 Å². The van der Waals surface area contributed by atoms with E-state index in [-0.39, 0.29) is 44.6 Å². The Labute approximate surface area is 926 Å². The Balaban J connectivity index is 0.000000839. The second-order valence-corrected chi connectivity index (χ2v) is 64.5. The molecule has 888 valence electrons. The molecule has 148 heavy (non-hydrogen) atoms. The van der Waals surface area contributed by atoms with E-state index >= 15 is 0 Å². The molecule has 2 aliphatic carbocycles. The molecule has 0 spiro atoms. The zero-order chi connectivity index (χ0) is 114. The zero-order valence-electron chi connectivity index (χ0n) is 110. The number of ether oxygens (including phenoxy) is 7. The predicted octanol–water partition coefficient (Wildman–Crippen LogP) is 24.8. The molecule has 9 aliphatic rings. The van der Waals surface area contributed by atoms with Crippen molar-refractivity contribution in [1.29, 1.82) is 0 Å². The van der Waals surface area contributed by atoms with Gasteiger partial charge in [0.15, 0.2) is 0 Å². The average molecular weight is 2100 g/mol. The molecule has 0 aromatic heterocycles. The first-order chi connectivity index (χ1) is 67.1. The lowest BCUT2D eigenvalue weighted by atomic mass is 9.75. The first kappa shape index (κ1) is 145. The van der Waals surface area contributed by atoms with Gasteiger partial charge in [0.2, 0.25) is 0 Å². The normalized spacial score (nSPS) is 22.2. The highest BCUT2D eigenvalue weighted by Gasteiger charge is 2.43. The van der Waals surface area contributed by atoms with Crippen LogP contribution in [0.15, 0.2) is 0 Å². The lowest BCUT2D eigenvalue weighted by Gasteiger charge is -2.40. The molecule has 21 nitrogen and oxygen atoms in total. The second-order valence-electron chi connectivity index (χ2n) is 64.5. The van der Waals surface area contributed by atoms with Gasteiger partial charge in [0.05, 0.1) is 86.5 Å². The Kier molecular flexibility index (Phi) is 66.5. The molecule has 7 aliphatic heterocycles. The third-order valence-corrected chi connectivity index (χ3v) is 27.7. The van der Waals surface area contributed by atoms with Crippen LogP contribution in [0.1, 0.15) is 397 Å². The molecule has 7 saturated heterocycles. The summed E-state index contributed by atoms with van der Waals surface area (Å²) in [5.41, 5.74) is 4.27. The van der Waals surface area contributed by atoms with Gasteiger partial charge in [-0.05, 0) is 327 Å². The van der Waals surface area contributed by atoms with Crippen LogP contribution in [0.4, 0.5) is 0 Å². The Bertz CT molecular complexity index is 3040. The SMILES string of the molecule is CC(C)(C)CC1CC1CC(C)(C)C.CC(C)(C)CC1CC1COC(C)(C)C.CC(C)(C)CN1CCC(C(C)(C)C)CC1.CC(C)(C)CNCCN1CCN(CCOC(C)(C)C)CC1.CC(C)(C)COCCN1CCN(CCOC(C)(C)C)CC1.CC(C)(C)NCCN1CCN(CCOC(C)(C)C)CC1.CC(C)(C)OCCN1CCN(CCOC(C)(C)C)CC1.CC1CCN(CC(C)(C)C)C1.CN1CCCN(CC(C)(C)C)CC1. The van der Waals surface area contributed by atoms with Crippen molar-refractivity contribution in [3.05, 3.63) is 0 Å². The van der Waals surface area contributed by atoms with Crippen molar-refractivity contribution >= 4 is 0 Å². The summed E-state index contributed by atoms with van der Waals surface area (Å²) < 4.78 is 40.5. The molecule has 0 aromatic carbocycles. The minimum Gasteiger partial charge on any atom is -0.380 e. The van der Waals surface area contributed by atoms with Crippen molar-refractivity contribution in [1.82, 2.24) is 69.4 Å². The van der Waals surface area contributed by atoms with Crippen molar-refractivity contribution in [2.75, 3.05) is 309 Å². The Morgan fingerprint density at radius 1 is 0.250 bits per heavy atom. The highest BCUT2D eigenvalue weighted by molar-refractivity contribution is 4.93. The maximum Gasteiger partial charge on any atom is 0.0600 e. The van der Waals surface area contributed by atoms with Crippen molar-refractivity contribution in [2.45, 2.75) is 436 Å². The summed E-state index contributed by atoms with van der Waals surface area (Å²) in [6.07, 6.45) is 12.6. The van der Waals surface area contributed by atoms with E-state index in [4.69, 9.17) is 33.2 Å². The Morgan fingerprint density at radius 3 is 0.804 bits per heavy atom. The molecule has 5 atom stereocenters. The molecule has 2 saturated carbocycles. The van der Waals surface area contributed by atoms with Gasteiger partial charge in [-0.1, -0.05) is 194 Å². The van der Waals surface area contributed by atoms with Gasteiger partial charge in [-0.15, -0.1) is 0 Å². The maximum atomic E-state index is 5.80. The summed E-state index contributed by atoms with van der Waals surface area (Å²) in [5.74, 6) is 5.70. The van der Waals surface area contributed by atoms with Crippen LogP contribution in [0.5, 0.6) is 0 Å². The standard InChI is InChI=1S/C17H37N3O.C17H36N2O2.C16H35N3O.C16H34N2O2.C14H29N.C13H26O.C13H26.C11H24N2.C10H21N/c1-16(2,3)15-18-7-8-19-9-11-20(12-10-19)13-14-21-17(4,5)6;1-16(2,3)15-20-13-11-18-7-9-19(10-8-18)12-14-21-17(4,5)6;1-15(2,3)17-7-8-18-9-11-19(12-10-18)13-14-20-16(4,5)6;1-15(2,3)19-13-11-17-7-9-18(10-8-17)12-14-20-16(4,5)6;1-13(2,3)11-15-9-7-12(8-10-15)14(4,5)6;1-12(2,3)8-10-7-11(10)9-14-13(4,5)6;1-12(2,3)8-10-7-11(10)9-13(4,5)6;1-11(2,3)10-13-7-5-6-12(4)8-9-13;1-9-5-6-11(7-9)8-10(2,3)4/h18H,7-15H2,1-6H3;7-15H2,1-6H3;17H,7-14H2,1-6H3;7-14H2,1-6H3;12H,7-11H2,1-6H3;10-11H,7-9H2,1-6H3;10-11H,7-9H2,1-6H3;5-10H2,1-4H3;9H,5-8H2,1-4H3. The van der Waals surface area contributed by atoms with Gasteiger partial charge in [-0.3, -0.25) is 39.2 Å². The van der Waals surface area contributed by atoms with Crippen LogP contribution in [0.25, 0.3) is 0 Å². The summed E-state index contributed by atoms with van der Waals surface area (Å²) in [6.45, 7) is 161. The minimum atomic E-state index is -0.0217. The predicted molar refractivity (Wildman–Crippen MR) is 647 cm³/mol. The topological polar surface area (TPSA) is 128 Å². The van der Waals surface area contributed by atoms with Crippen molar-refractivity contribution in [3.8, 4) is 0 Å². The fraction of sp³-hybridized carbons (Fsp3) is 1.00. The summed E-state index contributed by atoms with van der Waals surface area (Å²) >= 11 is 0. The number of likely N-dealkylation sites (N-methyl/N-ethyl adjacent to an activating group) is 1. The first-order valence-corrected chi connectivity index (χ1v) is 60.6. The highest BCUT2D eigenvalue weighted by atomic mass is 16.5. The maximum absolute atomic E-state index is 5.80. The summed E-state index contributed by atoms with van der Waals surface area (Å²) in [6, 6.07) is 0. The molecule has 0 radical (unpaired) electrons. The van der Waals surface area contributed by atoms with E-state index < -0.39 is 0 Å². The Morgan fingerprint density at radius 2 is 0.527 bits per heavy atom. The van der Waals surface area contributed by atoms with Crippen LogP contribution < -0.4 is 10.6 Å².